The van der Waals surface area contributed by atoms with Crippen LogP contribution in [0.3, 0.4) is 0 Å². The van der Waals surface area contributed by atoms with Gasteiger partial charge >= 0.3 is 0 Å². The van der Waals surface area contributed by atoms with Crippen LogP contribution in [0.5, 0.6) is 0 Å². The van der Waals surface area contributed by atoms with Crippen molar-refractivity contribution in [2.24, 2.45) is 0 Å². The van der Waals surface area contributed by atoms with Gasteiger partial charge in [-0.25, -0.2) is 9.67 Å². The number of hydrogen-bond donors (Lipinski definition) is 0. The van der Waals surface area contributed by atoms with E-state index in [9.17, 15) is 10.1 Å². The zero-order chi connectivity index (χ0) is 18.8. The lowest BCUT2D eigenvalue weighted by molar-refractivity contribution is -0.385. The molecular weight excluding hydrogens is 346 g/mol. The van der Waals surface area contributed by atoms with Crippen LogP contribution in [0, 0.1) is 17.0 Å². The van der Waals surface area contributed by atoms with Crippen LogP contribution in [-0.2, 0) is 4.74 Å². The lowest BCUT2D eigenvalue weighted by Gasteiger charge is -2.27. The summed E-state index contributed by atoms with van der Waals surface area (Å²) in [7, 11) is 0. The summed E-state index contributed by atoms with van der Waals surface area (Å²) in [5.74, 6) is 1.40. The quantitative estimate of drug-likeness (QED) is 0.522. The van der Waals surface area contributed by atoms with E-state index in [4.69, 9.17) is 9.84 Å². The van der Waals surface area contributed by atoms with Crippen molar-refractivity contribution in [2.75, 3.05) is 31.2 Å². The van der Waals surface area contributed by atoms with E-state index in [1.807, 2.05) is 6.20 Å². The molecule has 2 aromatic heterocycles. The van der Waals surface area contributed by atoms with E-state index >= 15 is 0 Å². The number of rotatable bonds is 4. The molecule has 1 fully saturated rings. The fraction of sp³-hybridized carbons (Fsp3) is 0.263. The maximum Gasteiger partial charge on any atom is 0.287 e. The van der Waals surface area contributed by atoms with Crippen LogP contribution in [0.15, 0.2) is 48.8 Å². The second kappa shape index (κ2) is 7.16. The Labute approximate surface area is 156 Å². The molecule has 0 radical (unpaired) electrons. The van der Waals surface area contributed by atoms with E-state index in [0.29, 0.717) is 19.0 Å². The molecule has 138 valence electrons. The van der Waals surface area contributed by atoms with Gasteiger partial charge < -0.3 is 9.64 Å². The van der Waals surface area contributed by atoms with Crippen LogP contribution in [0.2, 0.25) is 0 Å². The molecule has 8 nitrogen and oxygen atoms in total. The first-order valence-corrected chi connectivity index (χ1v) is 8.72. The maximum atomic E-state index is 10.9. The van der Waals surface area contributed by atoms with Gasteiger partial charge in [-0.3, -0.25) is 10.1 Å². The molecule has 0 spiro atoms. The Morgan fingerprint density at radius 1 is 1.11 bits per heavy atom. The van der Waals surface area contributed by atoms with Crippen LogP contribution in [0.25, 0.3) is 16.9 Å². The lowest BCUT2D eigenvalue weighted by Crippen LogP contribution is -2.36. The number of nitrogens with zero attached hydrogens (tertiary/aromatic N) is 5. The predicted octanol–water partition coefficient (Wildman–Crippen LogP) is 2.99. The Hall–Kier alpha value is -3.26. The topological polar surface area (TPSA) is 86.3 Å². The minimum Gasteiger partial charge on any atom is -0.378 e. The molecule has 27 heavy (non-hydrogen) atoms. The van der Waals surface area contributed by atoms with Crippen molar-refractivity contribution in [1.29, 1.82) is 0 Å². The third-order valence-corrected chi connectivity index (χ3v) is 4.55. The SMILES string of the molecule is Cc1ccc(-c2cn(-c3ccc([N+](=O)[O-])cn3)nc2N2CCOCC2)cc1. The molecule has 0 unspecified atom stereocenters. The molecule has 0 N–H and O–H groups in total. The molecule has 1 aliphatic heterocycles. The van der Waals surface area contributed by atoms with Gasteiger partial charge in [0, 0.05) is 30.9 Å². The molecule has 0 atom stereocenters. The molecule has 8 heteroatoms. The zero-order valence-corrected chi connectivity index (χ0v) is 14.9. The van der Waals surface area contributed by atoms with Gasteiger partial charge in [0.15, 0.2) is 11.6 Å². The molecule has 4 rings (SSSR count). The van der Waals surface area contributed by atoms with Gasteiger partial charge in [-0.1, -0.05) is 29.8 Å². The summed E-state index contributed by atoms with van der Waals surface area (Å²) in [6, 6.07) is 11.3. The van der Waals surface area contributed by atoms with Gasteiger partial charge in [-0.2, -0.15) is 0 Å². The molecule has 0 amide bonds. The normalized spacial score (nSPS) is 14.3. The number of benzene rings is 1. The highest BCUT2D eigenvalue weighted by molar-refractivity contribution is 5.76. The minimum atomic E-state index is -0.462. The number of hydrogen-bond acceptors (Lipinski definition) is 6. The van der Waals surface area contributed by atoms with Crippen molar-refractivity contribution in [3.8, 4) is 16.9 Å². The third kappa shape index (κ3) is 3.52. The average Bonchev–Trinajstić information content (AvgIpc) is 3.15. The smallest absolute Gasteiger partial charge is 0.287 e. The average molecular weight is 365 g/mol. The minimum absolute atomic E-state index is 0.0435. The first-order chi connectivity index (χ1) is 13.1. The highest BCUT2D eigenvalue weighted by Crippen LogP contribution is 2.31. The summed E-state index contributed by atoms with van der Waals surface area (Å²) in [5, 5.41) is 15.6. The van der Waals surface area contributed by atoms with Gasteiger partial charge in [0.2, 0.25) is 0 Å². The fourth-order valence-corrected chi connectivity index (χ4v) is 3.05. The Balaban J connectivity index is 1.76. The second-order valence-electron chi connectivity index (χ2n) is 6.41. The highest BCUT2D eigenvalue weighted by Gasteiger charge is 2.21. The number of nitro groups is 1. The number of anilines is 1. The number of pyridine rings is 1. The van der Waals surface area contributed by atoms with Gasteiger partial charge in [0.05, 0.1) is 18.1 Å². The molecule has 0 aliphatic carbocycles. The zero-order valence-electron chi connectivity index (χ0n) is 14.9. The van der Waals surface area contributed by atoms with Gasteiger partial charge in [-0.05, 0) is 18.6 Å². The molecule has 1 saturated heterocycles. The standard InChI is InChI=1S/C19H19N5O3/c1-14-2-4-15(5-3-14)17-13-23(18-7-6-16(12-20-18)24(25)26)21-19(17)22-8-10-27-11-9-22/h2-7,12-13H,8-11H2,1H3. The predicted molar refractivity (Wildman–Crippen MR) is 101 cm³/mol. The summed E-state index contributed by atoms with van der Waals surface area (Å²) in [6.45, 7) is 4.91. The van der Waals surface area contributed by atoms with E-state index in [-0.39, 0.29) is 5.69 Å². The van der Waals surface area contributed by atoms with Gasteiger partial charge in [0.1, 0.15) is 6.20 Å². The Morgan fingerprint density at radius 3 is 2.48 bits per heavy atom. The van der Waals surface area contributed by atoms with E-state index in [2.05, 4.69) is 41.1 Å². The number of ether oxygens (including phenoxy) is 1. The molecule has 1 aromatic carbocycles. The van der Waals surface area contributed by atoms with Crippen molar-refractivity contribution in [1.82, 2.24) is 14.8 Å². The molecular formula is C19H19N5O3. The number of morpholine rings is 1. The van der Waals surface area contributed by atoms with Crippen molar-refractivity contribution < 1.29 is 9.66 Å². The second-order valence-corrected chi connectivity index (χ2v) is 6.41. The van der Waals surface area contributed by atoms with Crippen LogP contribution >= 0.6 is 0 Å². The van der Waals surface area contributed by atoms with Crippen LogP contribution in [0.1, 0.15) is 5.56 Å². The summed E-state index contributed by atoms with van der Waals surface area (Å²) < 4.78 is 7.13. The van der Waals surface area contributed by atoms with Crippen molar-refractivity contribution >= 4 is 11.5 Å². The molecule has 1 aliphatic rings. The monoisotopic (exact) mass is 365 g/mol. The Morgan fingerprint density at radius 2 is 1.85 bits per heavy atom. The number of aryl methyl sites for hydroxylation is 1. The van der Waals surface area contributed by atoms with E-state index in [0.717, 1.165) is 30.0 Å². The maximum absolute atomic E-state index is 10.9. The summed E-state index contributed by atoms with van der Waals surface area (Å²) in [6.07, 6.45) is 3.17. The molecule has 3 aromatic rings. The lowest BCUT2D eigenvalue weighted by atomic mass is 10.1. The van der Waals surface area contributed by atoms with E-state index in [1.165, 1.54) is 17.8 Å². The third-order valence-electron chi connectivity index (χ3n) is 4.55. The molecule has 0 bridgehead atoms. The van der Waals surface area contributed by atoms with Gasteiger partial charge in [0.25, 0.3) is 5.69 Å². The largest absolute Gasteiger partial charge is 0.378 e. The van der Waals surface area contributed by atoms with Crippen LogP contribution in [0.4, 0.5) is 11.5 Å². The Kier molecular flexibility index (Phi) is 4.55. The van der Waals surface area contributed by atoms with Crippen LogP contribution < -0.4 is 4.90 Å². The van der Waals surface area contributed by atoms with Crippen molar-refractivity contribution in [3.63, 3.8) is 0 Å². The first-order valence-electron chi connectivity index (χ1n) is 8.72. The Bertz CT molecular complexity index is 944. The molecule has 3 heterocycles. The number of aromatic nitrogens is 3. The highest BCUT2D eigenvalue weighted by atomic mass is 16.6. The fourth-order valence-electron chi connectivity index (χ4n) is 3.05. The van der Waals surface area contributed by atoms with Crippen molar-refractivity contribution in [3.05, 3.63) is 64.5 Å². The first kappa shape index (κ1) is 17.2. The van der Waals surface area contributed by atoms with E-state index in [1.54, 1.807) is 10.7 Å². The van der Waals surface area contributed by atoms with Gasteiger partial charge in [-0.15, -0.1) is 5.10 Å². The summed E-state index contributed by atoms with van der Waals surface area (Å²) in [5.41, 5.74) is 3.21. The summed E-state index contributed by atoms with van der Waals surface area (Å²) in [4.78, 5) is 16.8. The van der Waals surface area contributed by atoms with Crippen molar-refractivity contribution in [2.45, 2.75) is 6.92 Å². The summed E-state index contributed by atoms with van der Waals surface area (Å²) >= 11 is 0. The van der Waals surface area contributed by atoms with E-state index < -0.39 is 4.92 Å². The van der Waals surface area contributed by atoms with Crippen LogP contribution in [-0.4, -0.2) is 46.0 Å². The molecule has 0 saturated carbocycles.